The molecule has 6 heteroatoms. The lowest BCUT2D eigenvalue weighted by Crippen LogP contribution is -2.16. The first kappa shape index (κ1) is 13.3. The summed E-state index contributed by atoms with van der Waals surface area (Å²) in [5, 5.41) is 8.23. The van der Waals surface area contributed by atoms with Crippen LogP contribution in [0.25, 0.3) is 0 Å². The van der Waals surface area contributed by atoms with E-state index >= 15 is 0 Å². The number of benzene rings is 1. The molecule has 2 aromatic rings. The molecule has 0 unspecified atom stereocenters. The molecule has 0 amide bonds. The van der Waals surface area contributed by atoms with Crippen LogP contribution in [0.5, 0.6) is 0 Å². The molecule has 0 saturated heterocycles. The Morgan fingerprint density at radius 3 is 2.50 bits per heavy atom. The quantitative estimate of drug-likeness (QED) is 0.865. The van der Waals surface area contributed by atoms with Gasteiger partial charge in [-0.15, -0.1) is 10.2 Å². The van der Waals surface area contributed by atoms with E-state index in [0.717, 1.165) is 18.7 Å². The number of rotatable bonds is 4. The second-order valence-corrected chi connectivity index (χ2v) is 7.22. The van der Waals surface area contributed by atoms with Gasteiger partial charge in [-0.2, -0.15) is 0 Å². The van der Waals surface area contributed by atoms with E-state index in [4.69, 9.17) is 0 Å². The van der Waals surface area contributed by atoms with Gasteiger partial charge in [0.05, 0.1) is 4.90 Å². The fourth-order valence-electron chi connectivity index (χ4n) is 2.40. The minimum atomic E-state index is -3.36. The van der Waals surface area contributed by atoms with E-state index in [-0.39, 0.29) is 5.75 Å². The van der Waals surface area contributed by atoms with E-state index in [1.165, 1.54) is 6.42 Å². The van der Waals surface area contributed by atoms with Gasteiger partial charge in [-0.25, -0.2) is 8.42 Å². The molecule has 20 heavy (non-hydrogen) atoms. The number of aromatic nitrogens is 3. The van der Waals surface area contributed by atoms with Crippen molar-refractivity contribution >= 4 is 9.84 Å². The lowest BCUT2D eigenvalue weighted by atomic mass is 9.85. The first-order chi connectivity index (χ1) is 9.58. The summed E-state index contributed by atoms with van der Waals surface area (Å²) in [5.41, 5.74) is 0. The van der Waals surface area contributed by atoms with Gasteiger partial charge in [0.1, 0.15) is 17.4 Å². The van der Waals surface area contributed by atoms with Gasteiger partial charge in [0, 0.05) is 13.0 Å². The van der Waals surface area contributed by atoms with Crippen LogP contribution in [-0.2, 0) is 22.6 Å². The van der Waals surface area contributed by atoms with E-state index in [0.29, 0.717) is 16.6 Å². The van der Waals surface area contributed by atoms with Gasteiger partial charge in [0.25, 0.3) is 0 Å². The molecule has 0 spiro atoms. The first-order valence-electron chi connectivity index (χ1n) is 6.74. The summed E-state index contributed by atoms with van der Waals surface area (Å²) in [6, 6.07) is 8.47. The van der Waals surface area contributed by atoms with Crippen molar-refractivity contribution in [3.63, 3.8) is 0 Å². The van der Waals surface area contributed by atoms with E-state index < -0.39 is 9.84 Å². The molecule has 0 radical (unpaired) electrons. The molecule has 0 bridgehead atoms. The monoisotopic (exact) mass is 291 g/mol. The van der Waals surface area contributed by atoms with Crippen molar-refractivity contribution in [2.75, 3.05) is 0 Å². The SMILES string of the molecule is Cn1c(CS(=O)(=O)c2ccccc2)nnc1C1CCC1. The standard InChI is InChI=1S/C14H17N3O2S/c1-17-13(15-16-14(17)11-6-5-7-11)10-20(18,19)12-8-3-2-4-9-12/h2-4,8-9,11H,5-7,10H2,1H3. The molecule has 0 atom stereocenters. The largest absolute Gasteiger partial charge is 0.317 e. The van der Waals surface area contributed by atoms with Gasteiger partial charge in [-0.1, -0.05) is 24.6 Å². The van der Waals surface area contributed by atoms with Gasteiger partial charge in [0.15, 0.2) is 9.84 Å². The average molecular weight is 291 g/mol. The fraction of sp³-hybridized carbons (Fsp3) is 0.429. The molecular formula is C14H17N3O2S. The smallest absolute Gasteiger partial charge is 0.185 e. The Bertz CT molecular complexity index is 703. The van der Waals surface area contributed by atoms with Crippen molar-refractivity contribution in [1.29, 1.82) is 0 Å². The minimum Gasteiger partial charge on any atom is -0.317 e. The Balaban J connectivity index is 1.86. The predicted octanol–water partition coefficient (Wildman–Crippen LogP) is 2.06. The van der Waals surface area contributed by atoms with Crippen LogP contribution in [0.15, 0.2) is 35.2 Å². The molecule has 0 aliphatic heterocycles. The third-order valence-electron chi connectivity index (χ3n) is 3.89. The number of nitrogens with zero attached hydrogens (tertiary/aromatic N) is 3. The van der Waals surface area contributed by atoms with E-state index in [2.05, 4.69) is 10.2 Å². The van der Waals surface area contributed by atoms with Crippen LogP contribution in [0.1, 0.15) is 36.8 Å². The predicted molar refractivity (Wildman–Crippen MR) is 74.9 cm³/mol. The Morgan fingerprint density at radius 1 is 1.20 bits per heavy atom. The van der Waals surface area contributed by atoms with Crippen molar-refractivity contribution in [3.8, 4) is 0 Å². The Morgan fingerprint density at radius 2 is 1.90 bits per heavy atom. The second-order valence-electron chi connectivity index (χ2n) is 5.23. The van der Waals surface area contributed by atoms with Crippen molar-refractivity contribution in [2.45, 2.75) is 35.8 Å². The lowest BCUT2D eigenvalue weighted by Gasteiger charge is -2.24. The molecule has 1 fully saturated rings. The maximum atomic E-state index is 12.3. The van der Waals surface area contributed by atoms with Gasteiger partial charge < -0.3 is 4.57 Å². The number of sulfone groups is 1. The summed E-state index contributed by atoms with van der Waals surface area (Å²) in [6.45, 7) is 0. The third-order valence-corrected chi connectivity index (χ3v) is 5.52. The summed E-state index contributed by atoms with van der Waals surface area (Å²) in [6.07, 6.45) is 3.46. The zero-order valence-corrected chi connectivity index (χ0v) is 12.2. The summed E-state index contributed by atoms with van der Waals surface area (Å²) < 4.78 is 26.5. The van der Waals surface area contributed by atoms with Crippen LogP contribution in [0.3, 0.4) is 0 Å². The number of hydrogen-bond acceptors (Lipinski definition) is 4. The zero-order chi connectivity index (χ0) is 14.2. The molecule has 1 aromatic heterocycles. The average Bonchev–Trinajstić information content (AvgIpc) is 2.71. The molecule has 1 heterocycles. The van der Waals surface area contributed by atoms with Crippen LogP contribution in [-0.4, -0.2) is 23.2 Å². The summed E-state index contributed by atoms with van der Waals surface area (Å²) in [7, 11) is -1.51. The van der Waals surface area contributed by atoms with Gasteiger partial charge in [-0.05, 0) is 25.0 Å². The molecule has 1 aromatic carbocycles. The highest BCUT2D eigenvalue weighted by atomic mass is 32.2. The van der Waals surface area contributed by atoms with Gasteiger partial charge in [-0.3, -0.25) is 0 Å². The van der Waals surface area contributed by atoms with Gasteiger partial charge >= 0.3 is 0 Å². The van der Waals surface area contributed by atoms with Crippen molar-refractivity contribution in [1.82, 2.24) is 14.8 Å². The summed E-state index contributed by atoms with van der Waals surface area (Å²) in [5.74, 6) is 1.76. The highest BCUT2D eigenvalue weighted by Gasteiger charge is 2.27. The maximum absolute atomic E-state index is 12.3. The van der Waals surface area contributed by atoms with Crippen LogP contribution >= 0.6 is 0 Å². The molecule has 0 N–H and O–H groups in total. The third kappa shape index (κ3) is 2.35. The van der Waals surface area contributed by atoms with Crippen LogP contribution in [0, 0.1) is 0 Å². The van der Waals surface area contributed by atoms with Crippen LogP contribution in [0.4, 0.5) is 0 Å². The summed E-state index contributed by atoms with van der Waals surface area (Å²) in [4.78, 5) is 0.327. The highest BCUT2D eigenvalue weighted by Crippen LogP contribution is 2.35. The molecular weight excluding hydrogens is 274 g/mol. The van der Waals surface area contributed by atoms with Crippen molar-refractivity contribution in [3.05, 3.63) is 42.0 Å². The fourth-order valence-corrected chi connectivity index (χ4v) is 3.73. The molecule has 106 valence electrons. The first-order valence-corrected chi connectivity index (χ1v) is 8.39. The Hall–Kier alpha value is -1.69. The van der Waals surface area contributed by atoms with Gasteiger partial charge in [0.2, 0.25) is 0 Å². The minimum absolute atomic E-state index is 0.104. The zero-order valence-electron chi connectivity index (χ0n) is 11.4. The molecule has 3 rings (SSSR count). The van der Waals surface area contributed by atoms with Crippen LogP contribution < -0.4 is 0 Å². The Kier molecular flexibility index (Phi) is 3.33. The normalized spacial score (nSPS) is 16.1. The maximum Gasteiger partial charge on any atom is 0.185 e. The van der Waals surface area contributed by atoms with Crippen LogP contribution in [0.2, 0.25) is 0 Å². The topological polar surface area (TPSA) is 64.8 Å². The molecule has 1 aliphatic rings. The lowest BCUT2D eigenvalue weighted by molar-refractivity contribution is 0.391. The molecule has 1 saturated carbocycles. The summed E-state index contributed by atoms with van der Waals surface area (Å²) >= 11 is 0. The van der Waals surface area contributed by atoms with Crippen molar-refractivity contribution < 1.29 is 8.42 Å². The Labute approximate surface area is 118 Å². The number of hydrogen-bond donors (Lipinski definition) is 0. The molecule has 1 aliphatic carbocycles. The van der Waals surface area contributed by atoms with E-state index in [1.807, 2.05) is 11.6 Å². The second kappa shape index (κ2) is 5.01. The molecule has 5 nitrogen and oxygen atoms in total. The van der Waals surface area contributed by atoms with Crippen molar-refractivity contribution in [2.24, 2.45) is 7.05 Å². The highest BCUT2D eigenvalue weighted by molar-refractivity contribution is 7.90. The van der Waals surface area contributed by atoms with E-state index in [1.54, 1.807) is 30.3 Å². The van der Waals surface area contributed by atoms with E-state index in [9.17, 15) is 8.42 Å².